The van der Waals surface area contributed by atoms with Crippen LogP contribution in [0.1, 0.15) is 18.4 Å². The van der Waals surface area contributed by atoms with Crippen LogP contribution in [0, 0.1) is 3.57 Å². The third-order valence-electron chi connectivity index (χ3n) is 3.32. The van der Waals surface area contributed by atoms with E-state index in [1.807, 2.05) is 0 Å². The van der Waals surface area contributed by atoms with Gasteiger partial charge in [-0.05, 0) is 73.3 Å². The fourth-order valence-corrected chi connectivity index (χ4v) is 2.59. The monoisotopic (exact) mass is 330 g/mol. The molecule has 1 aliphatic heterocycles. The second kappa shape index (κ2) is 5.98. The van der Waals surface area contributed by atoms with Crippen LogP contribution in [0.15, 0.2) is 24.3 Å². The summed E-state index contributed by atoms with van der Waals surface area (Å²) in [5.41, 5.74) is 1.43. The molecule has 0 spiro atoms. The van der Waals surface area contributed by atoms with Crippen molar-refractivity contribution in [2.24, 2.45) is 0 Å². The van der Waals surface area contributed by atoms with Gasteiger partial charge in [0.15, 0.2) is 0 Å². The van der Waals surface area contributed by atoms with Crippen LogP contribution in [0.2, 0.25) is 0 Å². The fourth-order valence-electron chi connectivity index (χ4n) is 2.23. The normalized spacial score (nSPS) is 18.9. The molecule has 1 aromatic carbocycles. The molecular formula is C13H19IN2. The van der Waals surface area contributed by atoms with Gasteiger partial charge >= 0.3 is 0 Å². The van der Waals surface area contributed by atoms with Crippen LogP contribution in [0.5, 0.6) is 0 Å². The summed E-state index contributed by atoms with van der Waals surface area (Å²) >= 11 is 2.35. The van der Waals surface area contributed by atoms with Crippen molar-refractivity contribution in [2.45, 2.75) is 25.4 Å². The Morgan fingerprint density at radius 2 is 1.88 bits per heavy atom. The molecular weight excluding hydrogens is 311 g/mol. The van der Waals surface area contributed by atoms with E-state index >= 15 is 0 Å². The number of nitrogens with zero attached hydrogens (tertiary/aromatic N) is 1. The van der Waals surface area contributed by atoms with Crippen LogP contribution in [0.25, 0.3) is 0 Å². The number of nitrogens with one attached hydrogen (secondary N) is 1. The van der Waals surface area contributed by atoms with Gasteiger partial charge in [0.1, 0.15) is 0 Å². The van der Waals surface area contributed by atoms with E-state index in [4.69, 9.17) is 0 Å². The minimum atomic E-state index is 0.730. The van der Waals surface area contributed by atoms with Gasteiger partial charge in [-0.3, -0.25) is 4.90 Å². The molecule has 0 aliphatic carbocycles. The van der Waals surface area contributed by atoms with Crippen LogP contribution in [0.3, 0.4) is 0 Å². The first kappa shape index (κ1) is 12.3. The number of likely N-dealkylation sites (tertiary alicyclic amines) is 1. The Hall–Kier alpha value is -0.130. The van der Waals surface area contributed by atoms with E-state index in [1.54, 1.807) is 0 Å². The van der Waals surface area contributed by atoms with Crippen molar-refractivity contribution in [3.63, 3.8) is 0 Å². The van der Waals surface area contributed by atoms with Gasteiger partial charge in [-0.15, -0.1) is 0 Å². The van der Waals surface area contributed by atoms with Gasteiger partial charge in [-0.2, -0.15) is 0 Å². The maximum Gasteiger partial charge on any atom is 0.0233 e. The van der Waals surface area contributed by atoms with Gasteiger partial charge < -0.3 is 5.32 Å². The number of halogens is 1. The highest BCUT2D eigenvalue weighted by molar-refractivity contribution is 14.1. The molecule has 0 saturated carbocycles. The predicted octanol–water partition coefficient (Wildman–Crippen LogP) is 2.48. The number of benzene rings is 1. The van der Waals surface area contributed by atoms with Crippen molar-refractivity contribution in [3.8, 4) is 0 Å². The maximum atomic E-state index is 3.37. The lowest BCUT2D eigenvalue weighted by molar-refractivity contribution is 0.194. The van der Waals surface area contributed by atoms with Crippen LogP contribution in [0.4, 0.5) is 0 Å². The number of rotatable bonds is 3. The molecule has 0 aromatic heterocycles. The number of hydrogen-bond acceptors (Lipinski definition) is 2. The standard InChI is InChI=1S/C13H19IN2/c1-15-13-6-8-16(9-7-13)10-11-2-4-12(14)5-3-11/h2-5,13,15H,6-10H2,1H3. The summed E-state index contributed by atoms with van der Waals surface area (Å²) in [7, 11) is 2.07. The van der Waals surface area contributed by atoms with E-state index in [9.17, 15) is 0 Å². The van der Waals surface area contributed by atoms with Crippen molar-refractivity contribution in [2.75, 3.05) is 20.1 Å². The molecule has 0 unspecified atom stereocenters. The van der Waals surface area contributed by atoms with Crippen LogP contribution in [-0.2, 0) is 6.54 Å². The van der Waals surface area contributed by atoms with E-state index < -0.39 is 0 Å². The zero-order valence-corrected chi connectivity index (χ0v) is 11.9. The summed E-state index contributed by atoms with van der Waals surface area (Å²) < 4.78 is 1.32. The zero-order valence-electron chi connectivity index (χ0n) is 9.75. The third-order valence-corrected chi connectivity index (χ3v) is 4.03. The van der Waals surface area contributed by atoms with Crippen molar-refractivity contribution >= 4 is 22.6 Å². The Balaban J connectivity index is 1.84. The molecule has 16 heavy (non-hydrogen) atoms. The molecule has 0 amide bonds. The zero-order chi connectivity index (χ0) is 11.4. The number of hydrogen-bond donors (Lipinski definition) is 1. The molecule has 2 nitrogen and oxygen atoms in total. The molecule has 3 heteroatoms. The SMILES string of the molecule is CNC1CCN(Cc2ccc(I)cc2)CC1. The molecule has 0 atom stereocenters. The molecule has 0 bridgehead atoms. The highest BCUT2D eigenvalue weighted by Crippen LogP contribution is 2.14. The van der Waals surface area contributed by atoms with Gasteiger partial charge in [-0.25, -0.2) is 0 Å². The molecule has 1 N–H and O–H groups in total. The third kappa shape index (κ3) is 3.43. The lowest BCUT2D eigenvalue weighted by atomic mass is 10.0. The van der Waals surface area contributed by atoms with Crippen molar-refractivity contribution in [1.82, 2.24) is 10.2 Å². The van der Waals surface area contributed by atoms with Crippen LogP contribution >= 0.6 is 22.6 Å². The highest BCUT2D eigenvalue weighted by atomic mass is 127. The summed E-state index contributed by atoms with van der Waals surface area (Å²) in [6, 6.07) is 9.60. The summed E-state index contributed by atoms with van der Waals surface area (Å²) in [6.45, 7) is 3.54. The molecule has 0 radical (unpaired) electrons. The molecule has 88 valence electrons. The van der Waals surface area contributed by atoms with E-state index in [0.717, 1.165) is 12.6 Å². The van der Waals surface area contributed by atoms with Crippen molar-refractivity contribution < 1.29 is 0 Å². The second-order valence-corrected chi connectivity index (χ2v) is 5.71. The first-order chi connectivity index (χ1) is 7.78. The molecule has 1 fully saturated rings. The Morgan fingerprint density at radius 1 is 1.25 bits per heavy atom. The second-order valence-electron chi connectivity index (χ2n) is 4.47. The highest BCUT2D eigenvalue weighted by Gasteiger charge is 2.17. The lowest BCUT2D eigenvalue weighted by Gasteiger charge is -2.31. The molecule has 2 rings (SSSR count). The Labute approximate surface area is 112 Å². The van der Waals surface area contributed by atoms with E-state index in [0.29, 0.717) is 0 Å². The molecule has 1 aliphatic rings. The molecule has 1 heterocycles. The predicted molar refractivity (Wildman–Crippen MR) is 76.5 cm³/mol. The first-order valence-electron chi connectivity index (χ1n) is 5.92. The Morgan fingerprint density at radius 3 is 2.44 bits per heavy atom. The summed E-state index contributed by atoms with van der Waals surface area (Å²) in [4.78, 5) is 2.55. The van der Waals surface area contributed by atoms with Gasteiger partial charge in [0.25, 0.3) is 0 Å². The van der Waals surface area contributed by atoms with Gasteiger partial charge in [-0.1, -0.05) is 12.1 Å². The fraction of sp³-hybridized carbons (Fsp3) is 0.538. The molecule has 1 saturated heterocycles. The smallest absolute Gasteiger partial charge is 0.0233 e. The number of piperidine rings is 1. The quantitative estimate of drug-likeness (QED) is 0.857. The minimum absolute atomic E-state index is 0.730. The topological polar surface area (TPSA) is 15.3 Å². The van der Waals surface area contributed by atoms with Gasteiger partial charge in [0.2, 0.25) is 0 Å². The average Bonchev–Trinajstić information content (AvgIpc) is 2.33. The largest absolute Gasteiger partial charge is 0.317 e. The van der Waals surface area contributed by atoms with Crippen LogP contribution < -0.4 is 5.32 Å². The van der Waals surface area contributed by atoms with Gasteiger partial charge in [0, 0.05) is 16.2 Å². The van der Waals surface area contributed by atoms with E-state index in [1.165, 1.54) is 35.1 Å². The average molecular weight is 330 g/mol. The van der Waals surface area contributed by atoms with Crippen molar-refractivity contribution in [3.05, 3.63) is 33.4 Å². The van der Waals surface area contributed by atoms with E-state index in [-0.39, 0.29) is 0 Å². The Bertz CT molecular complexity index is 315. The minimum Gasteiger partial charge on any atom is -0.317 e. The summed E-state index contributed by atoms with van der Waals surface area (Å²) in [5, 5.41) is 3.37. The first-order valence-corrected chi connectivity index (χ1v) is 7.00. The lowest BCUT2D eigenvalue weighted by Crippen LogP contribution is -2.40. The summed E-state index contributed by atoms with van der Waals surface area (Å²) in [6.07, 6.45) is 2.56. The maximum absolute atomic E-state index is 3.37. The van der Waals surface area contributed by atoms with Gasteiger partial charge in [0.05, 0.1) is 0 Å². The van der Waals surface area contributed by atoms with Crippen LogP contribution in [-0.4, -0.2) is 31.1 Å². The van der Waals surface area contributed by atoms with E-state index in [2.05, 4.69) is 64.1 Å². The summed E-state index contributed by atoms with van der Waals surface area (Å²) in [5.74, 6) is 0. The Kier molecular flexibility index (Phi) is 4.61. The molecule has 1 aromatic rings. The van der Waals surface area contributed by atoms with Crippen molar-refractivity contribution in [1.29, 1.82) is 0 Å².